The summed E-state index contributed by atoms with van der Waals surface area (Å²) >= 11 is 1.51. The number of H-pyrrole nitrogens is 1. The summed E-state index contributed by atoms with van der Waals surface area (Å²) in [5, 5.41) is 22.5. The number of aliphatic hydroxyl groups is 2. The van der Waals surface area contributed by atoms with Crippen LogP contribution in [0.25, 0.3) is 11.0 Å². The van der Waals surface area contributed by atoms with E-state index in [1.165, 1.54) is 18.1 Å². The first-order valence-electron chi connectivity index (χ1n) is 6.04. The lowest BCUT2D eigenvalue weighted by atomic mass is 10.2. The number of nitrogens with one attached hydrogen (secondary N) is 2. The van der Waals surface area contributed by atoms with Crippen molar-refractivity contribution in [3.05, 3.63) is 24.3 Å². The van der Waals surface area contributed by atoms with E-state index in [1.54, 1.807) is 6.20 Å². The molecule has 0 fully saturated rings. The first-order valence-corrected chi connectivity index (χ1v) is 7.43. The highest BCUT2D eigenvalue weighted by atomic mass is 32.2. The molecule has 7 heteroatoms. The monoisotopic (exact) mass is 282 g/mol. The van der Waals surface area contributed by atoms with Gasteiger partial charge in [0, 0.05) is 30.6 Å². The molecule has 0 aliphatic heterocycles. The largest absolute Gasteiger partial charge is 0.390 e. The van der Waals surface area contributed by atoms with Crippen LogP contribution in [0.3, 0.4) is 0 Å². The average Bonchev–Trinajstić information content (AvgIpc) is 2.82. The van der Waals surface area contributed by atoms with Gasteiger partial charge in [-0.2, -0.15) is 11.8 Å². The Kier molecular flexibility index (Phi) is 5.15. The number of thioether (sulfide) groups is 1. The van der Waals surface area contributed by atoms with Crippen LogP contribution in [0.1, 0.15) is 5.56 Å². The summed E-state index contributed by atoms with van der Waals surface area (Å²) in [6.07, 6.45) is 5.55. The minimum absolute atomic E-state index is 0.347. The number of rotatable bonds is 7. The first-order chi connectivity index (χ1) is 9.22. The van der Waals surface area contributed by atoms with E-state index in [2.05, 4.69) is 20.3 Å². The zero-order valence-corrected chi connectivity index (χ0v) is 11.5. The van der Waals surface area contributed by atoms with E-state index in [0.29, 0.717) is 18.8 Å². The third-order valence-corrected chi connectivity index (χ3v) is 3.54. The Labute approximate surface area is 115 Å². The first kappa shape index (κ1) is 14.3. The van der Waals surface area contributed by atoms with Crippen LogP contribution in [0.15, 0.2) is 18.7 Å². The fourth-order valence-corrected chi connectivity index (χ4v) is 2.40. The molecule has 0 saturated heterocycles. The Morgan fingerprint density at radius 1 is 1.42 bits per heavy atom. The molecule has 2 heterocycles. The zero-order valence-electron chi connectivity index (χ0n) is 10.7. The summed E-state index contributed by atoms with van der Waals surface area (Å²) in [4.78, 5) is 11.2. The molecule has 0 spiro atoms. The van der Waals surface area contributed by atoms with Crippen molar-refractivity contribution in [3.8, 4) is 0 Å². The van der Waals surface area contributed by atoms with Gasteiger partial charge in [-0.15, -0.1) is 0 Å². The van der Waals surface area contributed by atoms with Gasteiger partial charge >= 0.3 is 0 Å². The SMILES string of the molecule is CSC[C@H](O)[C@@H](O)CNCc1c[nH]c2cncnc12. The smallest absolute Gasteiger partial charge is 0.116 e. The molecule has 19 heavy (non-hydrogen) atoms. The lowest BCUT2D eigenvalue weighted by Gasteiger charge is -2.17. The van der Waals surface area contributed by atoms with Crippen LogP contribution in [-0.4, -0.2) is 55.9 Å². The number of hydrogen-bond donors (Lipinski definition) is 4. The molecule has 0 unspecified atom stereocenters. The van der Waals surface area contributed by atoms with Gasteiger partial charge in [-0.25, -0.2) is 9.97 Å². The molecule has 0 saturated carbocycles. The second kappa shape index (κ2) is 6.85. The van der Waals surface area contributed by atoms with Gasteiger partial charge in [0.15, 0.2) is 0 Å². The maximum absolute atomic E-state index is 9.73. The molecule has 0 aliphatic carbocycles. The number of aromatic amines is 1. The number of fused-ring (bicyclic) bond motifs is 1. The highest BCUT2D eigenvalue weighted by Crippen LogP contribution is 2.13. The molecular weight excluding hydrogens is 264 g/mol. The topological polar surface area (TPSA) is 94.1 Å². The molecule has 2 rings (SSSR count). The van der Waals surface area contributed by atoms with Crippen molar-refractivity contribution < 1.29 is 10.2 Å². The van der Waals surface area contributed by atoms with Crippen LogP contribution < -0.4 is 5.32 Å². The minimum atomic E-state index is -0.757. The van der Waals surface area contributed by atoms with Crippen LogP contribution >= 0.6 is 11.8 Å². The van der Waals surface area contributed by atoms with E-state index in [1.807, 2.05) is 12.5 Å². The van der Waals surface area contributed by atoms with E-state index < -0.39 is 12.2 Å². The predicted molar refractivity (Wildman–Crippen MR) is 76.0 cm³/mol. The number of aliphatic hydroxyl groups excluding tert-OH is 2. The molecule has 2 aromatic rings. The Bertz CT molecular complexity index is 519. The average molecular weight is 282 g/mol. The lowest BCUT2D eigenvalue weighted by molar-refractivity contribution is 0.0347. The third-order valence-electron chi connectivity index (χ3n) is 2.87. The number of aromatic nitrogens is 3. The van der Waals surface area contributed by atoms with Crippen LogP contribution in [0.5, 0.6) is 0 Å². The Hall–Kier alpha value is -1.15. The van der Waals surface area contributed by atoms with Crippen LogP contribution in [0, 0.1) is 0 Å². The Morgan fingerprint density at radius 3 is 3.05 bits per heavy atom. The minimum Gasteiger partial charge on any atom is -0.390 e. The quantitative estimate of drug-likeness (QED) is 0.577. The van der Waals surface area contributed by atoms with Gasteiger partial charge in [0.25, 0.3) is 0 Å². The van der Waals surface area contributed by atoms with E-state index in [0.717, 1.165) is 16.6 Å². The van der Waals surface area contributed by atoms with Crippen LogP contribution in [0.2, 0.25) is 0 Å². The summed E-state index contributed by atoms with van der Waals surface area (Å²) in [5.41, 5.74) is 2.79. The van der Waals surface area contributed by atoms with E-state index in [9.17, 15) is 10.2 Å². The molecule has 6 nitrogen and oxygen atoms in total. The van der Waals surface area contributed by atoms with Gasteiger partial charge in [-0.05, 0) is 6.26 Å². The molecule has 0 aromatic carbocycles. The van der Waals surface area contributed by atoms with Gasteiger partial charge in [0.05, 0.1) is 29.4 Å². The normalized spacial score (nSPS) is 14.7. The zero-order chi connectivity index (χ0) is 13.7. The molecule has 2 atom stereocenters. The van der Waals surface area contributed by atoms with E-state index in [4.69, 9.17) is 0 Å². The van der Waals surface area contributed by atoms with Gasteiger partial charge in [0.1, 0.15) is 6.33 Å². The van der Waals surface area contributed by atoms with Crippen molar-refractivity contribution >= 4 is 22.8 Å². The second-order valence-corrected chi connectivity index (χ2v) is 5.23. The Balaban J connectivity index is 1.86. The van der Waals surface area contributed by atoms with Crippen LogP contribution in [-0.2, 0) is 6.54 Å². The van der Waals surface area contributed by atoms with Gasteiger partial charge in [-0.3, -0.25) is 0 Å². The van der Waals surface area contributed by atoms with Crippen molar-refractivity contribution in [3.63, 3.8) is 0 Å². The fraction of sp³-hybridized carbons (Fsp3) is 0.500. The molecule has 0 aliphatic rings. The number of nitrogens with zero attached hydrogens (tertiary/aromatic N) is 2. The van der Waals surface area contributed by atoms with Crippen molar-refractivity contribution in [1.82, 2.24) is 20.3 Å². The molecule has 0 radical (unpaired) electrons. The maximum atomic E-state index is 9.73. The number of hydrogen-bond acceptors (Lipinski definition) is 6. The van der Waals surface area contributed by atoms with E-state index >= 15 is 0 Å². The summed E-state index contributed by atoms with van der Waals surface area (Å²) < 4.78 is 0. The summed E-state index contributed by atoms with van der Waals surface area (Å²) in [6, 6.07) is 0. The molecule has 2 aromatic heterocycles. The molecule has 0 bridgehead atoms. The molecule has 4 N–H and O–H groups in total. The van der Waals surface area contributed by atoms with Crippen LogP contribution in [0.4, 0.5) is 0 Å². The standard InChI is InChI=1S/C12H18N4O2S/c1-19-6-11(18)10(17)5-13-2-8-3-15-9-4-14-7-16-12(8)9/h3-4,7,10-11,13,15,17-18H,2,5-6H2,1H3/t10-,11-/m0/s1. The predicted octanol–water partition coefficient (Wildman–Crippen LogP) is 0.132. The van der Waals surface area contributed by atoms with Gasteiger partial charge in [-0.1, -0.05) is 0 Å². The van der Waals surface area contributed by atoms with Crippen molar-refractivity contribution in [2.75, 3.05) is 18.6 Å². The fourth-order valence-electron chi connectivity index (χ4n) is 1.83. The lowest BCUT2D eigenvalue weighted by Crippen LogP contribution is -2.37. The molecular formula is C12H18N4O2S. The highest BCUT2D eigenvalue weighted by molar-refractivity contribution is 7.98. The van der Waals surface area contributed by atoms with E-state index in [-0.39, 0.29) is 0 Å². The highest BCUT2D eigenvalue weighted by Gasteiger charge is 2.15. The van der Waals surface area contributed by atoms with Crippen molar-refractivity contribution in [2.45, 2.75) is 18.8 Å². The Morgan fingerprint density at radius 2 is 2.26 bits per heavy atom. The van der Waals surface area contributed by atoms with Crippen molar-refractivity contribution in [1.29, 1.82) is 0 Å². The molecule has 104 valence electrons. The van der Waals surface area contributed by atoms with Gasteiger partial charge < -0.3 is 20.5 Å². The summed E-state index contributed by atoms with van der Waals surface area (Å²) in [7, 11) is 0. The summed E-state index contributed by atoms with van der Waals surface area (Å²) in [6.45, 7) is 0.930. The third kappa shape index (κ3) is 3.66. The van der Waals surface area contributed by atoms with Gasteiger partial charge in [0.2, 0.25) is 0 Å². The maximum Gasteiger partial charge on any atom is 0.116 e. The summed E-state index contributed by atoms with van der Waals surface area (Å²) in [5.74, 6) is 0.531. The molecule has 0 amide bonds. The second-order valence-electron chi connectivity index (χ2n) is 4.32. The van der Waals surface area contributed by atoms with Crippen molar-refractivity contribution in [2.24, 2.45) is 0 Å².